The molecule has 0 aliphatic carbocycles. The molecule has 0 saturated heterocycles. The second-order valence-corrected chi connectivity index (χ2v) is 4.27. The van der Waals surface area contributed by atoms with Gasteiger partial charge in [0.2, 0.25) is 0 Å². The molecular formula is C14H23NO. The number of ether oxygens (including phenoxy) is 1. The smallest absolute Gasteiger partial charge is 0.0693 e. The lowest BCUT2D eigenvalue weighted by Gasteiger charge is -2.26. The lowest BCUT2D eigenvalue weighted by Crippen LogP contribution is -2.38. The van der Waals surface area contributed by atoms with Gasteiger partial charge in [0, 0.05) is 19.2 Å². The minimum Gasteiger partial charge on any atom is -0.380 e. The maximum atomic E-state index is 5.33. The third kappa shape index (κ3) is 3.62. The van der Waals surface area contributed by atoms with Gasteiger partial charge in [0.05, 0.1) is 6.10 Å². The minimum absolute atomic E-state index is 0.234. The fourth-order valence-corrected chi connectivity index (χ4v) is 1.79. The minimum atomic E-state index is 0.234. The van der Waals surface area contributed by atoms with Gasteiger partial charge in [-0.1, -0.05) is 37.3 Å². The highest BCUT2D eigenvalue weighted by Crippen LogP contribution is 2.17. The highest BCUT2D eigenvalue weighted by molar-refractivity contribution is 5.18. The van der Waals surface area contributed by atoms with Crippen LogP contribution in [0.2, 0.25) is 0 Å². The van der Waals surface area contributed by atoms with Crippen molar-refractivity contribution in [2.24, 2.45) is 0 Å². The average molecular weight is 221 g/mol. The molecule has 2 nitrogen and oxygen atoms in total. The van der Waals surface area contributed by atoms with Crippen molar-refractivity contribution in [2.45, 2.75) is 45.4 Å². The first kappa shape index (κ1) is 13.2. The Kier molecular flexibility index (Phi) is 5.50. The van der Waals surface area contributed by atoms with E-state index < -0.39 is 0 Å². The zero-order valence-electron chi connectivity index (χ0n) is 10.7. The summed E-state index contributed by atoms with van der Waals surface area (Å²) in [5, 5.41) is 3.61. The highest BCUT2D eigenvalue weighted by atomic mass is 16.5. The van der Waals surface area contributed by atoms with Crippen LogP contribution in [-0.2, 0) is 4.74 Å². The van der Waals surface area contributed by atoms with E-state index in [-0.39, 0.29) is 6.10 Å². The first-order chi connectivity index (χ1) is 7.69. The van der Waals surface area contributed by atoms with E-state index in [0.29, 0.717) is 12.1 Å². The van der Waals surface area contributed by atoms with Crippen LogP contribution in [0.1, 0.15) is 38.8 Å². The molecule has 2 heteroatoms. The zero-order chi connectivity index (χ0) is 12.0. The van der Waals surface area contributed by atoms with Gasteiger partial charge < -0.3 is 10.1 Å². The predicted octanol–water partition coefficient (Wildman–Crippen LogP) is 3.15. The summed E-state index contributed by atoms with van der Waals surface area (Å²) in [6, 6.07) is 11.3. The highest BCUT2D eigenvalue weighted by Gasteiger charge is 2.16. The molecule has 3 unspecified atom stereocenters. The average Bonchev–Trinajstić information content (AvgIpc) is 2.35. The van der Waals surface area contributed by atoms with E-state index >= 15 is 0 Å². The molecule has 0 radical (unpaired) electrons. The third-order valence-corrected chi connectivity index (χ3v) is 3.15. The molecule has 1 rings (SSSR count). The number of hydrogen-bond acceptors (Lipinski definition) is 2. The van der Waals surface area contributed by atoms with Gasteiger partial charge in [0.25, 0.3) is 0 Å². The first-order valence-corrected chi connectivity index (χ1v) is 6.02. The van der Waals surface area contributed by atoms with Crippen molar-refractivity contribution in [3.05, 3.63) is 35.9 Å². The van der Waals surface area contributed by atoms with Crippen molar-refractivity contribution in [2.75, 3.05) is 7.11 Å². The van der Waals surface area contributed by atoms with E-state index in [1.54, 1.807) is 7.11 Å². The van der Waals surface area contributed by atoms with Gasteiger partial charge in [-0.3, -0.25) is 0 Å². The van der Waals surface area contributed by atoms with Crippen LogP contribution < -0.4 is 5.32 Å². The molecule has 0 saturated carbocycles. The van der Waals surface area contributed by atoms with Gasteiger partial charge in [-0.05, 0) is 25.8 Å². The summed E-state index contributed by atoms with van der Waals surface area (Å²) in [7, 11) is 1.76. The molecule has 0 bridgehead atoms. The number of methoxy groups -OCH3 is 1. The van der Waals surface area contributed by atoms with Crippen LogP contribution in [0.25, 0.3) is 0 Å². The summed E-state index contributed by atoms with van der Waals surface area (Å²) < 4.78 is 5.33. The topological polar surface area (TPSA) is 21.3 Å². The van der Waals surface area contributed by atoms with Crippen molar-refractivity contribution >= 4 is 0 Å². The second-order valence-electron chi connectivity index (χ2n) is 4.27. The van der Waals surface area contributed by atoms with Gasteiger partial charge in [-0.2, -0.15) is 0 Å². The molecule has 90 valence electrons. The summed E-state index contributed by atoms with van der Waals surface area (Å²) in [6.45, 7) is 6.46. The summed E-state index contributed by atoms with van der Waals surface area (Å²) in [4.78, 5) is 0. The Bertz CT molecular complexity index is 286. The van der Waals surface area contributed by atoms with E-state index in [0.717, 1.165) is 6.42 Å². The largest absolute Gasteiger partial charge is 0.380 e. The van der Waals surface area contributed by atoms with Gasteiger partial charge >= 0.3 is 0 Å². The third-order valence-electron chi connectivity index (χ3n) is 3.15. The fraction of sp³-hybridized carbons (Fsp3) is 0.571. The summed E-state index contributed by atoms with van der Waals surface area (Å²) >= 11 is 0. The molecule has 0 spiro atoms. The Labute approximate surface area is 99.0 Å². The summed E-state index contributed by atoms with van der Waals surface area (Å²) in [6.07, 6.45) is 1.32. The van der Waals surface area contributed by atoms with Crippen molar-refractivity contribution in [1.29, 1.82) is 0 Å². The Morgan fingerprint density at radius 2 is 1.81 bits per heavy atom. The number of hydrogen-bond donors (Lipinski definition) is 1. The molecule has 0 amide bonds. The molecule has 0 aliphatic rings. The number of benzene rings is 1. The van der Waals surface area contributed by atoms with Gasteiger partial charge in [-0.15, -0.1) is 0 Å². The predicted molar refractivity (Wildman–Crippen MR) is 68.5 cm³/mol. The van der Waals surface area contributed by atoms with Crippen molar-refractivity contribution in [1.82, 2.24) is 5.32 Å². The normalized spacial score (nSPS) is 16.8. The van der Waals surface area contributed by atoms with Crippen LogP contribution in [0, 0.1) is 0 Å². The maximum absolute atomic E-state index is 5.33. The quantitative estimate of drug-likeness (QED) is 0.796. The SMILES string of the molecule is CCC(NC(C)C(C)OC)c1ccccc1. The molecular weight excluding hydrogens is 198 g/mol. The van der Waals surface area contributed by atoms with Crippen LogP contribution >= 0.6 is 0 Å². The van der Waals surface area contributed by atoms with Gasteiger partial charge in [-0.25, -0.2) is 0 Å². The van der Waals surface area contributed by atoms with Crippen LogP contribution in [-0.4, -0.2) is 19.3 Å². The zero-order valence-corrected chi connectivity index (χ0v) is 10.7. The molecule has 16 heavy (non-hydrogen) atoms. The van der Waals surface area contributed by atoms with Crippen LogP contribution in [0.5, 0.6) is 0 Å². The monoisotopic (exact) mass is 221 g/mol. The molecule has 0 aromatic heterocycles. The van der Waals surface area contributed by atoms with E-state index in [2.05, 4.69) is 56.4 Å². The molecule has 0 heterocycles. The second kappa shape index (κ2) is 6.66. The molecule has 1 aromatic carbocycles. The van der Waals surface area contributed by atoms with Gasteiger partial charge in [0.1, 0.15) is 0 Å². The van der Waals surface area contributed by atoms with E-state index in [9.17, 15) is 0 Å². The van der Waals surface area contributed by atoms with Gasteiger partial charge in [0.15, 0.2) is 0 Å². The fourth-order valence-electron chi connectivity index (χ4n) is 1.79. The molecule has 3 atom stereocenters. The van der Waals surface area contributed by atoms with Crippen molar-refractivity contribution in [3.63, 3.8) is 0 Å². The summed E-state index contributed by atoms with van der Waals surface area (Å²) in [5.41, 5.74) is 1.35. The summed E-state index contributed by atoms with van der Waals surface area (Å²) in [5.74, 6) is 0. The van der Waals surface area contributed by atoms with Crippen molar-refractivity contribution < 1.29 is 4.74 Å². The Morgan fingerprint density at radius 3 is 2.31 bits per heavy atom. The number of nitrogens with one attached hydrogen (secondary N) is 1. The van der Waals surface area contributed by atoms with Crippen LogP contribution in [0.4, 0.5) is 0 Å². The van der Waals surface area contributed by atoms with Crippen LogP contribution in [0.15, 0.2) is 30.3 Å². The molecule has 0 aliphatic heterocycles. The molecule has 1 N–H and O–H groups in total. The molecule has 0 fully saturated rings. The Morgan fingerprint density at radius 1 is 1.19 bits per heavy atom. The Hall–Kier alpha value is -0.860. The maximum Gasteiger partial charge on any atom is 0.0693 e. The number of rotatable bonds is 6. The standard InChI is InChI=1S/C14H23NO/c1-5-14(13-9-7-6-8-10-13)15-11(2)12(3)16-4/h6-12,14-15H,5H2,1-4H3. The van der Waals surface area contributed by atoms with Crippen molar-refractivity contribution in [3.8, 4) is 0 Å². The lowest BCUT2D eigenvalue weighted by atomic mass is 10.0. The van der Waals surface area contributed by atoms with E-state index in [1.807, 2.05) is 0 Å². The lowest BCUT2D eigenvalue weighted by molar-refractivity contribution is 0.0841. The van der Waals surface area contributed by atoms with Crippen LogP contribution in [0.3, 0.4) is 0 Å². The molecule has 1 aromatic rings. The van der Waals surface area contributed by atoms with E-state index in [1.165, 1.54) is 5.56 Å². The Balaban J connectivity index is 2.62. The van der Waals surface area contributed by atoms with E-state index in [4.69, 9.17) is 4.74 Å². The first-order valence-electron chi connectivity index (χ1n) is 6.02.